The highest BCUT2D eigenvalue weighted by Crippen LogP contribution is 2.29. The summed E-state index contributed by atoms with van der Waals surface area (Å²) >= 11 is 0. The molecule has 1 aromatic carbocycles. The standard InChI is InChI=1S/C22H36O2.C3H7NO/c1-3-5-7-9-11-13-19(14-12-10-8-6-4-2)20-15-17-21(18-16-20)22(23)24;1-4(2)3-5/h15-19H,3-14H2,1-2H3,(H,23,24);3H,1-2H3. The van der Waals surface area contributed by atoms with E-state index in [1.165, 1.54) is 87.5 Å². The predicted molar refractivity (Wildman–Crippen MR) is 123 cm³/mol. The summed E-state index contributed by atoms with van der Waals surface area (Å²) in [7, 11) is 3.38. The maximum absolute atomic E-state index is 11.0. The number of hydrogen-bond donors (Lipinski definition) is 1. The molecule has 0 aliphatic carbocycles. The van der Waals surface area contributed by atoms with E-state index in [-0.39, 0.29) is 0 Å². The van der Waals surface area contributed by atoms with Gasteiger partial charge in [-0.1, -0.05) is 90.2 Å². The number of unbranched alkanes of at least 4 members (excludes halogenated alkanes) is 8. The van der Waals surface area contributed by atoms with Crippen molar-refractivity contribution in [3.63, 3.8) is 0 Å². The topological polar surface area (TPSA) is 57.6 Å². The van der Waals surface area contributed by atoms with Gasteiger partial charge < -0.3 is 10.0 Å². The molecule has 0 saturated heterocycles. The Kier molecular flexibility index (Phi) is 17.1. The summed E-state index contributed by atoms with van der Waals surface area (Å²) in [5.74, 6) is -0.242. The van der Waals surface area contributed by atoms with Crippen LogP contribution in [-0.2, 0) is 4.79 Å². The summed E-state index contributed by atoms with van der Waals surface area (Å²) in [6, 6.07) is 7.59. The first-order valence-electron chi connectivity index (χ1n) is 11.4. The van der Waals surface area contributed by atoms with Crippen LogP contribution in [0.15, 0.2) is 24.3 Å². The molecule has 1 amide bonds. The second-order valence-electron chi connectivity index (χ2n) is 8.10. The summed E-state index contributed by atoms with van der Waals surface area (Å²) < 4.78 is 0. The highest BCUT2D eigenvalue weighted by atomic mass is 16.4. The average molecular weight is 406 g/mol. The number of benzene rings is 1. The zero-order chi connectivity index (χ0) is 21.9. The zero-order valence-corrected chi connectivity index (χ0v) is 19.2. The van der Waals surface area contributed by atoms with Crippen molar-refractivity contribution < 1.29 is 14.7 Å². The van der Waals surface area contributed by atoms with Gasteiger partial charge in [0.2, 0.25) is 6.41 Å². The monoisotopic (exact) mass is 405 g/mol. The lowest BCUT2D eigenvalue weighted by molar-refractivity contribution is -0.115. The molecule has 4 heteroatoms. The summed E-state index contributed by atoms with van der Waals surface area (Å²) in [5.41, 5.74) is 1.72. The van der Waals surface area contributed by atoms with Crippen LogP contribution in [-0.4, -0.2) is 36.5 Å². The SMILES string of the molecule is CCCCCCCC(CCCCCCC)c1ccc(C(=O)O)cc1.CN(C)C=O. The number of amides is 1. The van der Waals surface area contributed by atoms with Crippen molar-refractivity contribution in [2.24, 2.45) is 0 Å². The molecule has 0 unspecified atom stereocenters. The highest BCUT2D eigenvalue weighted by molar-refractivity contribution is 5.87. The normalized spacial score (nSPS) is 10.4. The van der Waals surface area contributed by atoms with Crippen molar-refractivity contribution in [3.05, 3.63) is 35.4 Å². The van der Waals surface area contributed by atoms with Crippen molar-refractivity contribution in [3.8, 4) is 0 Å². The molecular formula is C25H43NO3. The molecule has 4 nitrogen and oxygen atoms in total. The van der Waals surface area contributed by atoms with Gasteiger partial charge in [0.25, 0.3) is 0 Å². The number of carboxylic acid groups (broad SMARTS) is 1. The van der Waals surface area contributed by atoms with Gasteiger partial charge in [-0.25, -0.2) is 4.79 Å². The van der Waals surface area contributed by atoms with Crippen LogP contribution in [0.5, 0.6) is 0 Å². The van der Waals surface area contributed by atoms with E-state index in [4.69, 9.17) is 5.11 Å². The van der Waals surface area contributed by atoms with E-state index in [1.807, 2.05) is 12.1 Å². The Bertz CT molecular complexity index is 511. The Labute approximate surface area is 178 Å². The minimum atomic E-state index is -0.836. The van der Waals surface area contributed by atoms with Crippen molar-refractivity contribution in [2.45, 2.75) is 96.8 Å². The number of aromatic carboxylic acids is 1. The third-order valence-electron chi connectivity index (χ3n) is 5.15. The quantitative estimate of drug-likeness (QED) is 0.255. The van der Waals surface area contributed by atoms with Crippen LogP contribution >= 0.6 is 0 Å². The van der Waals surface area contributed by atoms with E-state index >= 15 is 0 Å². The third-order valence-corrected chi connectivity index (χ3v) is 5.15. The van der Waals surface area contributed by atoms with Gasteiger partial charge in [0.15, 0.2) is 0 Å². The number of carboxylic acids is 1. The van der Waals surface area contributed by atoms with Gasteiger partial charge in [-0.3, -0.25) is 4.79 Å². The number of rotatable bonds is 15. The van der Waals surface area contributed by atoms with Crippen molar-refractivity contribution >= 4 is 12.4 Å². The van der Waals surface area contributed by atoms with Gasteiger partial charge in [-0.15, -0.1) is 0 Å². The predicted octanol–water partition coefficient (Wildman–Crippen LogP) is 6.89. The molecular weight excluding hydrogens is 362 g/mol. The Morgan fingerprint density at radius 2 is 1.28 bits per heavy atom. The van der Waals surface area contributed by atoms with E-state index < -0.39 is 5.97 Å². The Balaban J connectivity index is 0.00000139. The largest absolute Gasteiger partial charge is 0.478 e. The first-order valence-corrected chi connectivity index (χ1v) is 11.4. The first kappa shape index (κ1) is 27.2. The molecule has 1 aromatic rings. The molecule has 1 N–H and O–H groups in total. The van der Waals surface area contributed by atoms with Crippen LogP contribution in [0.1, 0.15) is 113 Å². The van der Waals surface area contributed by atoms with E-state index in [0.717, 1.165) is 6.41 Å². The maximum atomic E-state index is 11.0. The smallest absolute Gasteiger partial charge is 0.335 e. The summed E-state index contributed by atoms with van der Waals surface area (Å²) in [4.78, 5) is 21.9. The van der Waals surface area contributed by atoms with E-state index in [0.29, 0.717) is 11.5 Å². The lowest BCUT2D eigenvalue weighted by Crippen LogP contribution is -2.06. The second kappa shape index (κ2) is 18.2. The first-order chi connectivity index (χ1) is 14.0. The highest BCUT2D eigenvalue weighted by Gasteiger charge is 2.12. The Morgan fingerprint density at radius 3 is 1.62 bits per heavy atom. The minimum Gasteiger partial charge on any atom is -0.478 e. The number of carbonyl (C=O) groups is 2. The molecule has 166 valence electrons. The van der Waals surface area contributed by atoms with Crippen molar-refractivity contribution in [1.82, 2.24) is 4.90 Å². The zero-order valence-electron chi connectivity index (χ0n) is 19.2. The van der Waals surface area contributed by atoms with Crippen LogP contribution in [0, 0.1) is 0 Å². The number of carbonyl (C=O) groups excluding carboxylic acids is 1. The van der Waals surface area contributed by atoms with Gasteiger partial charge in [-0.05, 0) is 36.5 Å². The number of hydrogen-bond acceptors (Lipinski definition) is 2. The molecule has 29 heavy (non-hydrogen) atoms. The van der Waals surface area contributed by atoms with Crippen LogP contribution in [0.2, 0.25) is 0 Å². The molecule has 0 heterocycles. The fourth-order valence-electron chi connectivity index (χ4n) is 3.36. The van der Waals surface area contributed by atoms with Crippen molar-refractivity contribution in [2.75, 3.05) is 14.1 Å². The van der Waals surface area contributed by atoms with Gasteiger partial charge in [-0.2, -0.15) is 0 Å². The Hall–Kier alpha value is -1.84. The molecule has 0 fully saturated rings. The third kappa shape index (κ3) is 14.8. The molecule has 0 aliphatic heterocycles. The lowest BCUT2D eigenvalue weighted by atomic mass is 9.87. The van der Waals surface area contributed by atoms with Gasteiger partial charge in [0.1, 0.15) is 0 Å². The minimum absolute atomic E-state index is 0.392. The molecule has 0 aromatic heterocycles. The van der Waals surface area contributed by atoms with Crippen LogP contribution in [0.3, 0.4) is 0 Å². The molecule has 0 bridgehead atoms. The summed E-state index contributed by atoms with van der Waals surface area (Å²) in [6.07, 6.45) is 16.4. The molecule has 1 rings (SSSR count). The van der Waals surface area contributed by atoms with E-state index in [9.17, 15) is 9.59 Å². The molecule has 0 aliphatic rings. The molecule has 0 saturated carbocycles. The van der Waals surface area contributed by atoms with E-state index in [2.05, 4.69) is 13.8 Å². The average Bonchev–Trinajstić information content (AvgIpc) is 2.72. The number of nitrogens with zero attached hydrogens (tertiary/aromatic N) is 1. The molecule has 0 spiro atoms. The summed E-state index contributed by atoms with van der Waals surface area (Å²) in [5, 5.41) is 9.06. The second-order valence-corrected chi connectivity index (χ2v) is 8.10. The van der Waals surface area contributed by atoms with Gasteiger partial charge in [0, 0.05) is 14.1 Å². The van der Waals surface area contributed by atoms with Crippen LogP contribution in [0.4, 0.5) is 0 Å². The molecule has 0 radical (unpaired) electrons. The lowest BCUT2D eigenvalue weighted by Gasteiger charge is -2.18. The fraction of sp³-hybridized carbons (Fsp3) is 0.680. The summed E-state index contributed by atoms with van der Waals surface area (Å²) in [6.45, 7) is 4.51. The van der Waals surface area contributed by atoms with Gasteiger partial charge in [0.05, 0.1) is 5.56 Å². The maximum Gasteiger partial charge on any atom is 0.335 e. The van der Waals surface area contributed by atoms with Gasteiger partial charge >= 0.3 is 5.97 Å². The van der Waals surface area contributed by atoms with Crippen LogP contribution in [0.25, 0.3) is 0 Å². The van der Waals surface area contributed by atoms with E-state index in [1.54, 1.807) is 26.2 Å². The molecule has 0 atom stereocenters. The fourth-order valence-corrected chi connectivity index (χ4v) is 3.36. The Morgan fingerprint density at radius 1 is 0.862 bits per heavy atom. The van der Waals surface area contributed by atoms with Crippen molar-refractivity contribution in [1.29, 1.82) is 0 Å². The van der Waals surface area contributed by atoms with Crippen LogP contribution < -0.4 is 0 Å².